The lowest BCUT2D eigenvalue weighted by Crippen LogP contribution is -2.43. The molecule has 1 spiro atoms. The minimum absolute atomic E-state index is 0.0662. The number of fused-ring (bicyclic) bond motifs is 1. The quantitative estimate of drug-likeness (QED) is 0.854. The molecule has 1 N–H and O–H groups in total. The van der Waals surface area contributed by atoms with Crippen molar-refractivity contribution in [3.63, 3.8) is 0 Å². The SMILES string of the molecule is O=C1C[C@@H](C(=O)NCCc2ccc3c(c2)OCO3)C2(CCCC2)O1. The summed E-state index contributed by atoms with van der Waals surface area (Å²) in [5, 5.41) is 2.97. The number of benzene rings is 1. The van der Waals surface area contributed by atoms with E-state index >= 15 is 0 Å². The third-order valence-electron chi connectivity index (χ3n) is 5.24. The Morgan fingerprint density at radius 3 is 2.83 bits per heavy atom. The summed E-state index contributed by atoms with van der Waals surface area (Å²) in [6.07, 6.45) is 4.56. The highest BCUT2D eigenvalue weighted by atomic mass is 16.7. The highest BCUT2D eigenvalue weighted by Crippen LogP contribution is 2.45. The van der Waals surface area contributed by atoms with Gasteiger partial charge in [-0.15, -0.1) is 0 Å². The van der Waals surface area contributed by atoms with Crippen molar-refractivity contribution >= 4 is 11.9 Å². The van der Waals surface area contributed by atoms with E-state index < -0.39 is 5.60 Å². The molecule has 1 aromatic carbocycles. The van der Waals surface area contributed by atoms with E-state index in [1.165, 1.54) is 0 Å². The third-order valence-corrected chi connectivity index (χ3v) is 5.24. The zero-order valence-corrected chi connectivity index (χ0v) is 13.5. The number of carbonyl (C=O) groups is 2. The van der Waals surface area contributed by atoms with Crippen LogP contribution in [0.25, 0.3) is 0 Å². The number of rotatable bonds is 4. The number of esters is 1. The van der Waals surface area contributed by atoms with Crippen LogP contribution in [-0.2, 0) is 20.7 Å². The van der Waals surface area contributed by atoms with Crippen molar-refractivity contribution in [2.75, 3.05) is 13.3 Å². The molecule has 6 heteroatoms. The number of nitrogens with one attached hydrogen (secondary N) is 1. The van der Waals surface area contributed by atoms with Gasteiger partial charge in [0.1, 0.15) is 5.60 Å². The maximum absolute atomic E-state index is 12.5. The van der Waals surface area contributed by atoms with Gasteiger partial charge in [0.2, 0.25) is 12.7 Å². The summed E-state index contributed by atoms with van der Waals surface area (Å²) in [6, 6.07) is 5.80. The Balaban J connectivity index is 1.34. The molecule has 1 aromatic rings. The van der Waals surface area contributed by atoms with Crippen molar-refractivity contribution in [2.45, 2.75) is 44.1 Å². The second kappa shape index (κ2) is 6.00. The lowest BCUT2D eigenvalue weighted by Gasteiger charge is -2.27. The second-order valence-corrected chi connectivity index (χ2v) is 6.73. The van der Waals surface area contributed by atoms with Crippen LogP contribution in [0.2, 0.25) is 0 Å². The lowest BCUT2D eigenvalue weighted by atomic mass is 9.85. The summed E-state index contributed by atoms with van der Waals surface area (Å²) >= 11 is 0. The molecule has 4 rings (SSSR count). The molecule has 128 valence electrons. The van der Waals surface area contributed by atoms with Crippen LogP contribution in [0.3, 0.4) is 0 Å². The normalized spacial score (nSPS) is 23.5. The Bertz CT molecular complexity index is 665. The van der Waals surface area contributed by atoms with Crippen LogP contribution in [0.15, 0.2) is 18.2 Å². The zero-order valence-electron chi connectivity index (χ0n) is 13.5. The van der Waals surface area contributed by atoms with Gasteiger partial charge >= 0.3 is 5.97 Å². The summed E-state index contributed by atoms with van der Waals surface area (Å²) in [7, 11) is 0. The molecule has 0 aromatic heterocycles. The zero-order chi connectivity index (χ0) is 16.6. The lowest BCUT2D eigenvalue weighted by molar-refractivity contribution is -0.149. The molecular weight excluding hydrogens is 310 g/mol. The van der Waals surface area contributed by atoms with Crippen LogP contribution in [-0.4, -0.2) is 30.8 Å². The van der Waals surface area contributed by atoms with Gasteiger partial charge in [-0.1, -0.05) is 6.07 Å². The Morgan fingerprint density at radius 1 is 1.21 bits per heavy atom. The fourth-order valence-electron chi connectivity index (χ4n) is 4.00. The van der Waals surface area contributed by atoms with E-state index in [0.717, 1.165) is 42.7 Å². The van der Waals surface area contributed by atoms with Crippen LogP contribution in [0.5, 0.6) is 11.5 Å². The van der Waals surface area contributed by atoms with E-state index in [1.54, 1.807) is 0 Å². The first-order valence-electron chi connectivity index (χ1n) is 8.54. The molecule has 1 amide bonds. The molecule has 1 saturated heterocycles. The van der Waals surface area contributed by atoms with E-state index in [4.69, 9.17) is 14.2 Å². The largest absolute Gasteiger partial charge is 0.458 e. The Kier molecular flexibility index (Phi) is 3.82. The predicted molar refractivity (Wildman–Crippen MR) is 84.7 cm³/mol. The van der Waals surface area contributed by atoms with Crippen molar-refractivity contribution in [1.29, 1.82) is 0 Å². The number of hydrogen-bond acceptors (Lipinski definition) is 5. The van der Waals surface area contributed by atoms with Crippen molar-refractivity contribution < 1.29 is 23.8 Å². The Hall–Kier alpha value is -2.24. The van der Waals surface area contributed by atoms with Crippen LogP contribution in [0, 0.1) is 5.92 Å². The molecule has 6 nitrogen and oxygen atoms in total. The van der Waals surface area contributed by atoms with Gasteiger partial charge in [-0.3, -0.25) is 9.59 Å². The van der Waals surface area contributed by atoms with Gasteiger partial charge in [-0.05, 0) is 49.8 Å². The summed E-state index contributed by atoms with van der Waals surface area (Å²) in [6.45, 7) is 0.784. The summed E-state index contributed by atoms with van der Waals surface area (Å²) < 4.78 is 16.2. The third kappa shape index (κ3) is 2.70. The first kappa shape index (κ1) is 15.3. The van der Waals surface area contributed by atoms with Gasteiger partial charge in [0, 0.05) is 6.54 Å². The summed E-state index contributed by atoms with van der Waals surface area (Å²) in [5.41, 5.74) is 0.536. The molecular formula is C18H21NO5. The molecule has 2 heterocycles. The van der Waals surface area contributed by atoms with Crippen molar-refractivity contribution in [3.8, 4) is 11.5 Å². The molecule has 1 saturated carbocycles. The minimum atomic E-state index is -0.542. The molecule has 0 radical (unpaired) electrons. The fourth-order valence-corrected chi connectivity index (χ4v) is 4.00. The number of carbonyl (C=O) groups excluding carboxylic acids is 2. The average Bonchev–Trinajstić information content (AvgIpc) is 3.28. The van der Waals surface area contributed by atoms with Crippen LogP contribution < -0.4 is 14.8 Å². The molecule has 3 aliphatic rings. The van der Waals surface area contributed by atoms with E-state index in [-0.39, 0.29) is 31.0 Å². The van der Waals surface area contributed by atoms with Crippen molar-refractivity contribution in [3.05, 3.63) is 23.8 Å². The van der Waals surface area contributed by atoms with Gasteiger partial charge in [0.15, 0.2) is 11.5 Å². The highest BCUT2D eigenvalue weighted by Gasteiger charge is 2.53. The monoisotopic (exact) mass is 331 g/mol. The molecule has 1 aliphatic carbocycles. The topological polar surface area (TPSA) is 73.9 Å². The molecule has 24 heavy (non-hydrogen) atoms. The molecule has 0 bridgehead atoms. The molecule has 2 aliphatic heterocycles. The maximum atomic E-state index is 12.5. The molecule has 0 unspecified atom stereocenters. The summed E-state index contributed by atoms with van der Waals surface area (Å²) in [5.74, 6) is 0.853. The van der Waals surface area contributed by atoms with Gasteiger partial charge in [0.25, 0.3) is 0 Å². The van der Waals surface area contributed by atoms with Crippen LogP contribution in [0.4, 0.5) is 0 Å². The molecule has 2 fully saturated rings. The highest BCUT2D eigenvalue weighted by molar-refractivity contribution is 5.87. The smallest absolute Gasteiger partial charge is 0.307 e. The van der Waals surface area contributed by atoms with E-state index in [9.17, 15) is 9.59 Å². The summed E-state index contributed by atoms with van der Waals surface area (Å²) in [4.78, 5) is 24.2. The standard InChI is InChI=1S/C18H21NO5/c20-16-10-13(18(24-16)6-1-2-7-18)17(21)19-8-5-12-3-4-14-15(9-12)23-11-22-14/h3-4,9,13H,1-2,5-8,10-11H2,(H,19,21)/t13-/m0/s1. The van der Waals surface area contributed by atoms with Gasteiger partial charge < -0.3 is 19.5 Å². The van der Waals surface area contributed by atoms with E-state index in [2.05, 4.69) is 5.32 Å². The van der Waals surface area contributed by atoms with Gasteiger partial charge in [0.05, 0.1) is 12.3 Å². The Morgan fingerprint density at radius 2 is 2.00 bits per heavy atom. The Labute approximate surface area is 140 Å². The first-order valence-corrected chi connectivity index (χ1v) is 8.54. The van der Waals surface area contributed by atoms with Crippen LogP contribution in [0.1, 0.15) is 37.7 Å². The van der Waals surface area contributed by atoms with Crippen LogP contribution >= 0.6 is 0 Å². The van der Waals surface area contributed by atoms with Gasteiger partial charge in [-0.2, -0.15) is 0 Å². The van der Waals surface area contributed by atoms with Crippen molar-refractivity contribution in [1.82, 2.24) is 5.32 Å². The van der Waals surface area contributed by atoms with Gasteiger partial charge in [-0.25, -0.2) is 0 Å². The van der Waals surface area contributed by atoms with Crippen molar-refractivity contribution in [2.24, 2.45) is 5.92 Å². The average molecular weight is 331 g/mol. The minimum Gasteiger partial charge on any atom is -0.458 e. The predicted octanol–water partition coefficient (Wildman–Crippen LogP) is 1.95. The maximum Gasteiger partial charge on any atom is 0.307 e. The molecule has 1 atom stereocenters. The number of ether oxygens (including phenoxy) is 3. The van der Waals surface area contributed by atoms with E-state index in [1.807, 2.05) is 18.2 Å². The number of hydrogen-bond donors (Lipinski definition) is 1. The second-order valence-electron chi connectivity index (χ2n) is 6.73. The number of amides is 1. The van der Waals surface area contributed by atoms with E-state index in [0.29, 0.717) is 13.0 Å². The fraction of sp³-hybridized carbons (Fsp3) is 0.556. The first-order chi connectivity index (χ1) is 11.7.